The minimum absolute atomic E-state index is 0.106. The van der Waals surface area contributed by atoms with Gasteiger partial charge >= 0.3 is 0 Å². The first-order chi connectivity index (χ1) is 12.2. The lowest BCUT2D eigenvalue weighted by molar-refractivity contribution is -0.117. The predicted molar refractivity (Wildman–Crippen MR) is 99.2 cm³/mol. The van der Waals surface area contributed by atoms with E-state index in [1.54, 1.807) is 4.90 Å². The molecule has 1 fully saturated rings. The number of nitrogens with zero attached hydrogens (tertiary/aromatic N) is 1. The van der Waals surface area contributed by atoms with Crippen LogP contribution < -0.4 is 15.5 Å². The molecule has 2 aromatic carbocycles. The first-order valence-electron chi connectivity index (χ1n) is 8.80. The molecule has 2 aliphatic heterocycles. The minimum Gasteiger partial charge on any atom is -0.385 e. The quantitative estimate of drug-likeness (QED) is 0.903. The molecule has 5 heteroatoms. The van der Waals surface area contributed by atoms with E-state index < -0.39 is 0 Å². The van der Waals surface area contributed by atoms with Gasteiger partial charge in [-0.15, -0.1) is 0 Å². The zero-order valence-corrected chi connectivity index (χ0v) is 14.0. The predicted octanol–water partition coefficient (Wildman–Crippen LogP) is 3.42. The number of amides is 2. The van der Waals surface area contributed by atoms with Gasteiger partial charge in [0.05, 0.1) is 0 Å². The van der Waals surface area contributed by atoms with E-state index in [1.165, 1.54) is 0 Å². The molecule has 0 bridgehead atoms. The molecule has 2 aliphatic rings. The smallest absolute Gasteiger partial charge is 0.256 e. The van der Waals surface area contributed by atoms with Crippen molar-refractivity contribution in [3.8, 4) is 0 Å². The van der Waals surface area contributed by atoms with E-state index in [9.17, 15) is 9.59 Å². The van der Waals surface area contributed by atoms with Crippen molar-refractivity contribution in [1.29, 1.82) is 0 Å². The molecule has 0 atom stereocenters. The molecule has 0 radical (unpaired) electrons. The Morgan fingerprint density at radius 2 is 1.96 bits per heavy atom. The van der Waals surface area contributed by atoms with Crippen molar-refractivity contribution < 1.29 is 9.59 Å². The Bertz CT molecular complexity index is 831. The third-order valence-electron chi connectivity index (χ3n) is 4.83. The highest BCUT2D eigenvalue weighted by Crippen LogP contribution is 2.27. The average molecular weight is 335 g/mol. The first kappa shape index (κ1) is 15.7. The monoisotopic (exact) mass is 335 g/mol. The summed E-state index contributed by atoms with van der Waals surface area (Å²) in [5.74, 6) is 0.0390. The summed E-state index contributed by atoms with van der Waals surface area (Å²) < 4.78 is 0. The third kappa shape index (κ3) is 3.09. The van der Waals surface area contributed by atoms with Crippen LogP contribution in [0.4, 0.5) is 17.1 Å². The van der Waals surface area contributed by atoms with Gasteiger partial charge in [-0.1, -0.05) is 12.1 Å². The lowest BCUT2D eigenvalue weighted by Crippen LogP contribution is -2.24. The van der Waals surface area contributed by atoms with Gasteiger partial charge in [-0.25, -0.2) is 0 Å². The van der Waals surface area contributed by atoms with Crippen molar-refractivity contribution in [2.75, 3.05) is 28.6 Å². The second kappa shape index (κ2) is 6.59. The average Bonchev–Trinajstić information content (AvgIpc) is 3.07. The van der Waals surface area contributed by atoms with Crippen LogP contribution in [0.15, 0.2) is 42.5 Å². The van der Waals surface area contributed by atoms with Crippen molar-refractivity contribution in [2.45, 2.75) is 25.7 Å². The Hall–Kier alpha value is -2.82. The van der Waals surface area contributed by atoms with E-state index in [0.29, 0.717) is 17.7 Å². The van der Waals surface area contributed by atoms with Gasteiger partial charge in [-0.3, -0.25) is 9.59 Å². The van der Waals surface area contributed by atoms with Crippen LogP contribution >= 0.6 is 0 Å². The number of benzene rings is 2. The van der Waals surface area contributed by atoms with Gasteiger partial charge in [-0.2, -0.15) is 0 Å². The summed E-state index contributed by atoms with van der Waals surface area (Å²) in [5, 5.41) is 6.33. The fourth-order valence-electron chi connectivity index (χ4n) is 3.59. The van der Waals surface area contributed by atoms with Crippen molar-refractivity contribution in [3.05, 3.63) is 53.6 Å². The molecular formula is C20H21N3O2. The summed E-state index contributed by atoms with van der Waals surface area (Å²) in [5.41, 5.74) is 4.40. The SMILES string of the molecule is O=C(Nc1cccc(N2CCCC2=O)c1)c1cccc2c1CCCN2. The van der Waals surface area contributed by atoms with Crippen LogP contribution in [0.2, 0.25) is 0 Å². The summed E-state index contributed by atoms with van der Waals surface area (Å²) in [6.07, 6.45) is 3.43. The van der Waals surface area contributed by atoms with Crippen molar-refractivity contribution in [3.63, 3.8) is 0 Å². The standard InChI is InChI=1S/C20H21N3O2/c24-19-10-4-12-23(19)15-6-1-5-14(13-15)22-20(25)17-7-2-9-18-16(17)8-3-11-21-18/h1-2,5-7,9,13,21H,3-4,8,10-12H2,(H,22,25). The van der Waals surface area contributed by atoms with Crippen LogP contribution in [0, 0.1) is 0 Å². The molecule has 2 N–H and O–H groups in total. The van der Waals surface area contributed by atoms with Gasteiger partial charge in [0.25, 0.3) is 5.91 Å². The summed E-state index contributed by atoms with van der Waals surface area (Å²) in [6, 6.07) is 13.3. The number of fused-ring (bicyclic) bond motifs is 1. The molecule has 25 heavy (non-hydrogen) atoms. The summed E-state index contributed by atoms with van der Waals surface area (Å²) in [7, 11) is 0. The van der Waals surface area contributed by atoms with Gasteiger partial charge in [0, 0.05) is 42.1 Å². The molecule has 2 aromatic rings. The summed E-state index contributed by atoms with van der Waals surface area (Å²) in [4.78, 5) is 26.5. The maximum atomic E-state index is 12.8. The number of hydrogen-bond acceptors (Lipinski definition) is 3. The topological polar surface area (TPSA) is 61.4 Å². The zero-order chi connectivity index (χ0) is 17.2. The molecule has 4 rings (SSSR count). The lowest BCUT2D eigenvalue weighted by atomic mass is 9.97. The number of nitrogens with one attached hydrogen (secondary N) is 2. The molecule has 2 amide bonds. The molecule has 5 nitrogen and oxygen atoms in total. The Kier molecular flexibility index (Phi) is 4.14. The normalized spacial score (nSPS) is 16.3. The Morgan fingerprint density at radius 1 is 1.08 bits per heavy atom. The third-order valence-corrected chi connectivity index (χ3v) is 4.83. The van der Waals surface area contributed by atoms with E-state index >= 15 is 0 Å². The fourth-order valence-corrected chi connectivity index (χ4v) is 3.59. The number of carbonyl (C=O) groups excluding carboxylic acids is 2. The number of anilines is 3. The minimum atomic E-state index is -0.106. The first-order valence-corrected chi connectivity index (χ1v) is 8.80. The van der Waals surface area contributed by atoms with Crippen molar-refractivity contribution in [2.24, 2.45) is 0 Å². The summed E-state index contributed by atoms with van der Waals surface area (Å²) in [6.45, 7) is 1.69. The molecule has 2 heterocycles. The van der Waals surface area contributed by atoms with E-state index in [2.05, 4.69) is 10.6 Å². The number of hydrogen-bond donors (Lipinski definition) is 2. The van der Waals surface area contributed by atoms with Crippen LogP contribution in [0.1, 0.15) is 35.2 Å². The largest absolute Gasteiger partial charge is 0.385 e. The molecule has 0 saturated carbocycles. The highest BCUT2D eigenvalue weighted by molar-refractivity contribution is 6.06. The molecule has 1 saturated heterocycles. The zero-order valence-electron chi connectivity index (χ0n) is 14.0. The maximum Gasteiger partial charge on any atom is 0.256 e. The second-order valence-corrected chi connectivity index (χ2v) is 6.52. The van der Waals surface area contributed by atoms with Gasteiger partial charge < -0.3 is 15.5 Å². The summed E-state index contributed by atoms with van der Waals surface area (Å²) >= 11 is 0. The van der Waals surface area contributed by atoms with Crippen LogP contribution in [0.5, 0.6) is 0 Å². The van der Waals surface area contributed by atoms with E-state index in [1.807, 2.05) is 42.5 Å². The van der Waals surface area contributed by atoms with Crippen LogP contribution in [-0.2, 0) is 11.2 Å². The fraction of sp³-hybridized carbons (Fsp3) is 0.300. The lowest BCUT2D eigenvalue weighted by Gasteiger charge is -2.21. The number of rotatable bonds is 3. The molecule has 0 unspecified atom stereocenters. The highest BCUT2D eigenvalue weighted by atomic mass is 16.2. The Balaban J connectivity index is 1.56. The van der Waals surface area contributed by atoms with E-state index in [4.69, 9.17) is 0 Å². The number of carbonyl (C=O) groups is 2. The Morgan fingerprint density at radius 3 is 2.80 bits per heavy atom. The van der Waals surface area contributed by atoms with Gasteiger partial charge in [-0.05, 0) is 55.2 Å². The van der Waals surface area contributed by atoms with Gasteiger partial charge in [0.1, 0.15) is 0 Å². The van der Waals surface area contributed by atoms with E-state index in [-0.39, 0.29) is 11.8 Å². The van der Waals surface area contributed by atoms with Crippen LogP contribution in [-0.4, -0.2) is 24.9 Å². The van der Waals surface area contributed by atoms with Crippen LogP contribution in [0.25, 0.3) is 0 Å². The van der Waals surface area contributed by atoms with Gasteiger partial charge in [0.15, 0.2) is 0 Å². The molecular weight excluding hydrogens is 314 g/mol. The van der Waals surface area contributed by atoms with Gasteiger partial charge in [0.2, 0.25) is 5.91 Å². The molecule has 0 aliphatic carbocycles. The highest BCUT2D eigenvalue weighted by Gasteiger charge is 2.22. The molecule has 128 valence electrons. The second-order valence-electron chi connectivity index (χ2n) is 6.52. The van der Waals surface area contributed by atoms with Crippen LogP contribution in [0.3, 0.4) is 0 Å². The van der Waals surface area contributed by atoms with Crippen molar-refractivity contribution in [1.82, 2.24) is 0 Å². The molecule has 0 aromatic heterocycles. The van der Waals surface area contributed by atoms with E-state index in [0.717, 1.165) is 49.3 Å². The Labute approximate surface area is 147 Å². The maximum absolute atomic E-state index is 12.8. The molecule has 0 spiro atoms. The van der Waals surface area contributed by atoms with Crippen molar-refractivity contribution >= 4 is 28.9 Å².